The number of carboxylic acids is 1. The summed E-state index contributed by atoms with van der Waals surface area (Å²) in [6.45, 7) is 15.0. The average molecular weight is 473 g/mol. The van der Waals surface area contributed by atoms with Crippen molar-refractivity contribution in [2.45, 2.75) is 116 Å². The van der Waals surface area contributed by atoms with Gasteiger partial charge >= 0.3 is 5.97 Å². The number of carboxylic acid groups (broad SMARTS) is 1. The van der Waals surface area contributed by atoms with Crippen LogP contribution >= 0.6 is 0 Å². The van der Waals surface area contributed by atoms with E-state index in [2.05, 4.69) is 0 Å². The van der Waals surface area contributed by atoms with Crippen LogP contribution in [0.4, 0.5) is 0 Å². The van der Waals surface area contributed by atoms with Crippen LogP contribution in [0, 0.1) is 29.6 Å². The average Bonchev–Trinajstić information content (AvgIpc) is 3.00. The van der Waals surface area contributed by atoms with Crippen molar-refractivity contribution in [3.05, 3.63) is 0 Å². The van der Waals surface area contributed by atoms with E-state index in [0.717, 1.165) is 6.42 Å². The summed E-state index contributed by atoms with van der Waals surface area (Å²) in [6, 6.07) is 0. The Kier molecular flexibility index (Phi) is 7.08. The first kappa shape index (κ1) is 26.8. The lowest BCUT2D eigenvalue weighted by atomic mass is 9.69. The minimum absolute atomic E-state index is 0.138. The Balaban J connectivity index is 1.95. The monoisotopic (exact) mass is 472 g/mol. The van der Waals surface area contributed by atoms with Gasteiger partial charge in [-0.25, -0.2) is 0 Å². The summed E-state index contributed by atoms with van der Waals surface area (Å²) in [6.07, 6.45) is 0.509. The van der Waals surface area contributed by atoms with Gasteiger partial charge in [-0.05, 0) is 34.1 Å². The largest absolute Gasteiger partial charge is 0.481 e. The molecule has 3 saturated heterocycles. The normalized spacial score (nSPS) is 49.7. The van der Waals surface area contributed by atoms with Crippen LogP contribution in [0.15, 0.2) is 0 Å². The topological polar surface area (TPSA) is 115 Å². The van der Waals surface area contributed by atoms with Crippen molar-refractivity contribution in [3.8, 4) is 0 Å². The number of hydrogen-bond acceptors (Lipinski definition) is 7. The summed E-state index contributed by atoms with van der Waals surface area (Å²) in [4.78, 5) is 11.8. The Morgan fingerprint density at radius 3 is 2.09 bits per heavy atom. The Labute approximate surface area is 197 Å². The number of carbonyl (C=O) groups is 1. The first-order valence-electron chi connectivity index (χ1n) is 12.3. The van der Waals surface area contributed by atoms with Crippen molar-refractivity contribution in [1.29, 1.82) is 0 Å². The van der Waals surface area contributed by atoms with Crippen LogP contribution in [0.5, 0.6) is 0 Å². The highest BCUT2D eigenvalue weighted by Crippen LogP contribution is 2.52. The van der Waals surface area contributed by atoms with Crippen LogP contribution in [0.1, 0.15) is 74.7 Å². The van der Waals surface area contributed by atoms with Gasteiger partial charge in [0.15, 0.2) is 11.6 Å². The lowest BCUT2D eigenvalue weighted by molar-refractivity contribution is -0.368. The molecule has 0 radical (unpaired) electrons. The third-order valence-electron chi connectivity index (χ3n) is 8.83. The fraction of sp³-hybridized carbons (Fsp3) is 0.960. The number of methoxy groups -OCH3 is 1. The van der Waals surface area contributed by atoms with Gasteiger partial charge in [-0.1, -0.05) is 27.7 Å². The van der Waals surface area contributed by atoms with Crippen molar-refractivity contribution in [3.63, 3.8) is 0 Å². The predicted molar refractivity (Wildman–Crippen MR) is 121 cm³/mol. The Bertz CT molecular complexity index is 738. The second-order valence-electron chi connectivity index (χ2n) is 11.8. The second-order valence-corrected chi connectivity index (χ2v) is 11.8. The van der Waals surface area contributed by atoms with Crippen molar-refractivity contribution < 1.29 is 39.1 Å². The molecule has 8 nitrogen and oxygen atoms in total. The molecule has 0 aromatic rings. The van der Waals surface area contributed by atoms with Gasteiger partial charge in [0.1, 0.15) is 5.92 Å². The standard InChI is InChI=1S/C25H44O8/c1-13-18(32-25(29,17(5)21(26)27)16(4)19(13)30-9)14(2)20-15(3)23(8,28)12-24(31-20)11-10-22(6,7)33-24/h13-20,28-29H,10-12H2,1-9H3,(H,26,27)/t13-,14-,15-,16+,17-,18-,19-,20+,23-,24+,25+/m0/s1. The van der Waals surface area contributed by atoms with Gasteiger partial charge in [-0.15, -0.1) is 0 Å². The molecule has 0 aromatic heterocycles. The highest BCUT2D eigenvalue weighted by atomic mass is 16.7. The molecule has 3 fully saturated rings. The van der Waals surface area contributed by atoms with E-state index in [4.69, 9.17) is 18.9 Å². The molecular weight excluding hydrogens is 428 g/mol. The molecule has 3 N–H and O–H groups in total. The van der Waals surface area contributed by atoms with E-state index in [9.17, 15) is 20.1 Å². The molecule has 3 heterocycles. The van der Waals surface area contributed by atoms with Crippen LogP contribution in [0.25, 0.3) is 0 Å². The molecule has 0 bridgehead atoms. The van der Waals surface area contributed by atoms with E-state index in [1.807, 2.05) is 41.5 Å². The first-order valence-corrected chi connectivity index (χ1v) is 12.3. The summed E-state index contributed by atoms with van der Waals surface area (Å²) in [7, 11) is 1.57. The van der Waals surface area contributed by atoms with E-state index >= 15 is 0 Å². The number of rotatable bonds is 5. The van der Waals surface area contributed by atoms with Crippen molar-refractivity contribution in [1.82, 2.24) is 0 Å². The Morgan fingerprint density at radius 1 is 1.00 bits per heavy atom. The highest BCUT2D eigenvalue weighted by Gasteiger charge is 2.61. The summed E-state index contributed by atoms with van der Waals surface area (Å²) in [5.41, 5.74) is -1.36. The molecule has 11 atom stereocenters. The summed E-state index contributed by atoms with van der Waals surface area (Å²) >= 11 is 0. The maximum atomic E-state index is 11.8. The SMILES string of the molecule is CO[C@H]1[C@@H](C)[C@@H]([C@H](C)[C@H]2O[C@@]3(CCC(C)(C)O3)C[C@](C)(O)[C@H]2C)O[C@@](O)([C@@H](C)C(=O)O)[C@@H]1C. The minimum atomic E-state index is -1.90. The molecule has 1 spiro atoms. The molecule has 3 aliphatic rings. The molecule has 0 unspecified atom stereocenters. The molecule has 33 heavy (non-hydrogen) atoms. The third-order valence-corrected chi connectivity index (χ3v) is 8.83. The third kappa shape index (κ3) is 4.59. The maximum absolute atomic E-state index is 11.8. The van der Waals surface area contributed by atoms with E-state index < -0.39 is 53.3 Å². The lowest BCUT2D eigenvalue weighted by Crippen LogP contribution is -2.65. The van der Waals surface area contributed by atoms with Gasteiger partial charge in [0, 0.05) is 43.6 Å². The highest BCUT2D eigenvalue weighted by molar-refractivity contribution is 5.70. The number of hydrogen-bond donors (Lipinski definition) is 3. The van der Waals surface area contributed by atoms with Crippen molar-refractivity contribution in [2.75, 3.05) is 7.11 Å². The van der Waals surface area contributed by atoms with Crippen LogP contribution in [-0.4, -0.2) is 69.5 Å². The summed E-state index contributed by atoms with van der Waals surface area (Å²) in [5.74, 6) is -6.26. The van der Waals surface area contributed by atoms with Gasteiger partial charge in [0.05, 0.1) is 29.5 Å². The molecule has 8 heteroatoms. The fourth-order valence-corrected chi connectivity index (χ4v) is 6.49. The molecule has 0 amide bonds. The van der Waals surface area contributed by atoms with Crippen molar-refractivity contribution >= 4 is 5.97 Å². The number of ether oxygens (including phenoxy) is 4. The fourth-order valence-electron chi connectivity index (χ4n) is 6.49. The first-order chi connectivity index (χ1) is 15.0. The molecule has 0 aliphatic carbocycles. The molecule has 0 aromatic carbocycles. The van der Waals surface area contributed by atoms with Crippen LogP contribution in [0.3, 0.4) is 0 Å². The molecule has 0 saturated carbocycles. The number of aliphatic carboxylic acids is 1. The molecular formula is C25H44O8. The Morgan fingerprint density at radius 2 is 1.61 bits per heavy atom. The van der Waals surface area contributed by atoms with Gasteiger partial charge in [0.25, 0.3) is 0 Å². The van der Waals surface area contributed by atoms with Crippen molar-refractivity contribution in [2.24, 2.45) is 29.6 Å². The Hall–Kier alpha value is -0.770. The zero-order valence-electron chi connectivity index (χ0n) is 21.6. The second kappa shape index (κ2) is 8.71. The van der Waals surface area contributed by atoms with E-state index in [1.165, 1.54) is 6.92 Å². The van der Waals surface area contributed by atoms with E-state index in [0.29, 0.717) is 12.8 Å². The summed E-state index contributed by atoms with van der Waals surface area (Å²) in [5, 5.41) is 32.5. The zero-order valence-corrected chi connectivity index (χ0v) is 21.6. The van der Waals surface area contributed by atoms with Gasteiger partial charge in [-0.2, -0.15) is 0 Å². The predicted octanol–water partition coefficient (Wildman–Crippen LogP) is 3.18. The van der Waals surface area contributed by atoms with Crippen LogP contribution < -0.4 is 0 Å². The smallest absolute Gasteiger partial charge is 0.311 e. The maximum Gasteiger partial charge on any atom is 0.311 e. The van der Waals surface area contributed by atoms with Gasteiger partial charge in [-0.3, -0.25) is 4.79 Å². The zero-order chi connectivity index (χ0) is 25.1. The summed E-state index contributed by atoms with van der Waals surface area (Å²) < 4.78 is 25.0. The minimum Gasteiger partial charge on any atom is -0.481 e. The molecule has 3 rings (SSSR count). The quantitative estimate of drug-likeness (QED) is 0.559. The van der Waals surface area contributed by atoms with Gasteiger partial charge < -0.3 is 34.3 Å². The van der Waals surface area contributed by atoms with Crippen LogP contribution in [0.2, 0.25) is 0 Å². The van der Waals surface area contributed by atoms with E-state index in [-0.39, 0.29) is 23.4 Å². The molecule has 192 valence electrons. The lowest BCUT2D eigenvalue weighted by Gasteiger charge is -2.56. The van der Waals surface area contributed by atoms with Crippen LogP contribution in [-0.2, 0) is 23.7 Å². The number of aliphatic hydroxyl groups is 2. The molecule has 3 aliphatic heterocycles. The van der Waals surface area contributed by atoms with Gasteiger partial charge in [0.2, 0.25) is 0 Å². The van der Waals surface area contributed by atoms with E-state index in [1.54, 1.807) is 14.0 Å².